The number of para-hydroxylation sites is 1. The predicted octanol–water partition coefficient (Wildman–Crippen LogP) is 2.24. The molecular weight excluding hydrogens is 342 g/mol. The van der Waals surface area contributed by atoms with Crippen molar-refractivity contribution in [2.75, 3.05) is 44.4 Å². The fraction of sp³-hybridized carbons (Fsp3) is 0.381. The van der Waals surface area contributed by atoms with E-state index in [0.717, 1.165) is 43.2 Å². The van der Waals surface area contributed by atoms with Crippen LogP contribution in [0.25, 0.3) is 0 Å². The first kappa shape index (κ1) is 17.7. The second kappa shape index (κ2) is 8.31. The Labute approximate surface area is 159 Å². The second-order valence-corrected chi connectivity index (χ2v) is 6.82. The number of nitrogens with zero attached hydrogens (tertiary/aromatic N) is 2. The molecule has 2 heterocycles. The van der Waals surface area contributed by atoms with E-state index >= 15 is 0 Å². The van der Waals surface area contributed by atoms with Gasteiger partial charge in [0.25, 0.3) is 0 Å². The van der Waals surface area contributed by atoms with Crippen molar-refractivity contribution < 1.29 is 14.3 Å². The van der Waals surface area contributed by atoms with Gasteiger partial charge in [-0.05, 0) is 29.8 Å². The quantitative estimate of drug-likeness (QED) is 0.794. The van der Waals surface area contributed by atoms with Crippen molar-refractivity contribution in [2.45, 2.75) is 13.0 Å². The van der Waals surface area contributed by atoms with Crippen LogP contribution in [0.2, 0.25) is 0 Å². The summed E-state index contributed by atoms with van der Waals surface area (Å²) in [5.74, 6) is 1.81. The Bertz CT molecular complexity index is 773. The number of amides is 1. The van der Waals surface area contributed by atoms with Gasteiger partial charge in [-0.1, -0.05) is 24.3 Å². The molecule has 142 valence electrons. The Hall–Kier alpha value is -2.73. The third-order valence-electron chi connectivity index (χ3n) is 5.04. The lowest BCUT2D eigenvalue weighted by atomic mass is 10.2. The minimum Gasteiger partial charge on any atom is -0.454 e. The van der Waals surface area contributed by atoms with E-state index in [4.69, 9.17) is 9.47 Å². The zero-order chi connectivity index (χ0) is 18.5. The van der Waals surface area contributed by atoms with Gasteiger partial charge >= 0.3 is 0 Å². The molecule has 6 heteroatoms. The number of benzene rings is 2. The van der Waals surface area contributed by atoms with E-state index in [2.05, 4.69) is 34.5 Å². The van der Waals surface area contributed by atoms with Gasteiger partial charge in [-0.25, -0.2) is 0 Å². The maximum Gasteiger partial charge on any atom is 0.231 e. The standard InChI is InChI=1S/C21H25N3O3/c25-21(24-12-10-23(11-13-24)18-4-2-1-3-5-18)8-9-22-15-17-6-7-19-20(14-17)27-16-26-19/h1-7,14,22H,8-13,15-16H2. The lowest BCUT2D eigenvalue weighted by Crippen LogP contribution is -2.49. The average molecular weight is 367 g/mol. The van der Waals surface area contributed by atoms with Gasteiger partial charge in [-0.2, -0.15) is 0 Å². The Morgan fingerprint density at radius 1 is 0.963 bits per heavy atom. The molecule has 0 radical (unpaired) electrons. The van der Waals surface area contributed by atoms with Crippen molar-refractivity contribution in [1.29, 1.82) is 0 Å². The summed E-state index contributed by atoms with van der Waals surface area (Å²) in [6, 6.07) is 16.3. The van der Waals surface area contributed by atoms with Crippen LogP contribution in [0.5, 0.6) is 11.5 Å². The molecule has 0 aromatic heterocycles. The van der Waals surface area contributed by atoms with Gasteiger partial charge in [0.15, 0.2) is 11.5 Å². The zero-order valence-corrected chi connectivity index (χ0v) is 15.4. The number of carbonyl (C=O) groups excluding carboxylic acids is 1. The predicted molar refractivity (Wildman–Crippen MR) is 104 cm³/mol. The van der Waals surface area contributed by atoms with Gasteiger partial charge in [0, 0.05) is 51.4 Å². The molecule has 0 spiro atoms. The molecule has 6 nitrogen and oxygen atoms in total. The molecule has 0 unspecified atom stereocenters. The highest BCUT2D eigenvalue weighted by Crippen LogP contribution is 2.32. The Kier molecular flexibility index (Phi) is 5.44. The maximum atomic E-state index is 12.4. The molecule has 2 aliphatic rings. The van der Waals surface area contributed by atoms with Gasteiger partial charge in [0.2, 0.25) is 12.7 Å². The van der Waals surface area contributed by atoms with Crippen LogP contribution in [0.4, 0.5) is 5.69 Å². The first-order valence-corrected chi connectivity index (χ1v) is 9.46. The van der Waals surface area contributed by atoms with Crippen LogP contribution in [0.15, 0.2) is 48.5 Å². The number of hydrogen-bond acceptors (Lipinski definition) is 5. The summed E-state index contributed by atoms with van der Waals surface area (Å²) in [6.07, 6.45) is 0.524. The van der Waals surface area contributed by atoms with Crippen LogP contribution in [0.1, 0.15) is 12.0 Å². The summed E-state index contributed by atoms with van der Waals surface area (Å²) in [5, 5.41) is 3.34. The zero-order valence-electron chi connectivity index (χ0n) is 15.4. The minimum absolute atomic E-state index is 0.223. The van der Waals surface area contributed by atoms with E-state index in [1.54, 1.807) is 0 Å². The summed E-state index contributed by atoms with van der Waals surface area (Å²) in [6.45, 7) is 5.03. The van der Waals surface area contributed by atoms with Crippen molar-refractivity contribution in [1.82, 2.24) is 10.2 Å². The molecule has 2 aromatic carbocycles. The van der Waals surface area contributed by atoms with E-state index in [9.17, 15) is 4.79 Å². The van der Waals surface area contributed by atoms with Crippen molar-refractivity contribution >= 4 is 11.6 Å². The maximum absolute atomic E-state index is 12.4. The summed E-state index contributed by atoms with van der Waals surface area (Å²) < 4.78 is 10.7. The van der Waals surface area contributed by atoms with Crippen LogP contribution < -0.4 is 19.7 Å². The Morgan fingerprint density at radius 2 is 1.74 bits per heavy atom. The molecule has 0 bridgehead atoms. The van der Waals surface area contributed by atoms with E-state index in [1.807, 2.05) is 29.2 Å². The molecule has 1 saturated heterocycles. The minimum atomic E-state index is 0.223. The smallest absolute Gasteiger partial charge is 0.231 e. The Morgan fingerprint density at radius 3 is 2.56 bits per heavy atom. The number of carbonyl (C=O) groups is 1. The van der Waals surface area contributed by atoms with Gasteiger partial charge in [-0.3, -0.25) is 4.79 Å². The summed E-state index contributed by atoms with van der Waals surface area (Å²) in [4.78, 5) is 16.7. The van der Waals surface area contributed by atoms with E-state index < -0.39 is 0 Å². The molecular formula is C21H25N3O3. The fourth-order valence-electron chi connectivity index (χ4n) is 3.49. The third kappa shape index (κ3) is 4.34. The van der Waals surface area contributed by atoms with E-state index in [1.165, 1.54) is 5.69 Å². The monoisotopic (exact) mass is 367 g/mol. The molecule has 1 fully saturated rings. The highest BCUT2D eigenvalue weighted by atomic mass is 16.7. The van der Waals surface area contributed by atoms with Crippen LogP contribution in [0, 0.1) is 0 Å². The molecule has 1 amide bonds. The second-order valence-electron chi connectivity index (χ2n) is 6.82. The van der Waals surface area contributed by atoms with Crippen LogP contribution in [0.3, 0.4) is 0 Å². The van der Waals surface area contributed by atoms with Crippen LogP contribution in [-0.4, -0.2) is 50.3 Å². The van der Waals surface area contributed by atoms with Gasteiger partial charge in [0.1, 0.15) is 0 Å². The SMILES string of the molecule is O=C(CCNCc1ccc2c(c1)OCO2)N1CCN(c2ccccc2)CC1. The number of rotatable bonds is 6. The van der Waals surface area contributed by atoms with Gasteiger partial charge in [0.05, 0.1) is 0 Å². The van der Waals surface area contributed by atoms with Crippen molar-refractivity contribution in [3.8, 4) is 11.5 Å². The van der Waals surface area contributed by atoms with Crippen molar-refractivity contribution in [2.24, 2.45) is 0 Å². The van der Waals surface area contributed by atoms with E-state index in [0.29, 0.717) is 19.5 Å². The number of fused-ring (bicyclic) bond motifs is 1. The number of nitrogens with one attached hydrogen (secondary N) is 1. The molecule has 27 heavy (non-hydrogen) atoms. The van der Waals surface area contributed by atoms with Gasteiger partial charge in [-0.15, -0.1) is 0 Å². The topological polar surface area (TPSA) is 54.0 Å². The lowest BCUT2D eigenvalue weighted by molar-refractivity contribution is -0.131. The molecule has 0 aliphatic carbocycles. The first-order chi connectivity index (χ1) is 13.3. The van der Waals surface area contributed by atoms with E-state index in [-0.39, 0.29) is 12.7 Å². The highest BCUT2D eigenvalue weighted by Gasteiger charge is 2.20. The normalized spacial score (nSPS) is 15.9. The number of piperazine rings is 1. The lowest BCUT2D eigenvalue weighted by Gasteiger charge is -2.36. The fourth-order valence-corrected chi connectivity index (χ4v) is 3.49. The molecule has 1 N–H and O–H groups in total. The number of ether oxygens (including phenoxy) is 2. The molecule has 2 aliphatic heterocycles. The molecule has 0 atom stereocenters. The Balaban J connectivity index is 1.17. The molecule has 2 aromatic rings. The third-order valence-corrected chi connectivity index (χ3v) is 5.04. The van der Waals surface area contributed by atoms with Crippen LogP contribution in [-0.2, 0) is 11.3 Å². The molecule has 4 rings (SSSR count). The first-order valence-electron chi connectivity index (χ1n) is 9.46. The van der Waals surface area contributed by atoms with Gasteiger partial charge < -0.3 is 24.6 Å². The largest absolute Gasteiger partial charge is 0.454 e. The van der Waals surface area contributed by atoms with Crippen molar-refractivity contribution in [3.63, 3.8) is 0 Å². The number of hydrogen-bond donors (Lipinski definition) is 1. The summed E-state index contributed by atoms with van der Waals surface area (Å²) in [7, 11) is 0. The average Bonchev–Trinajstić information content (AvgIpc) is 3.20. The highest BCUT2D eigenvalue weighted by molar-refractivity contribution is 5.76. The van der Waals surface area contributed by atoms with Crippen molar-refractivity contribution in [3.05, 3.63) is 54.1 Å². The molecule has 0 saturated carbocycles. The van der Waals surface area contributed by atoms with Crippen LogP contribution >= 0.6 is 0 Å². The number of anilines is 1. The summed E-state index contributed by atoms with van der Waals surface area (Å²) in [5.41, 5.74) is 2.36. The summed E-state index contributed by atoms with van der Waals surface area (Å²) >= 11 is 0.